The molecule has 0 fully saturated rings. The van der Waals surface area contributed by atoms with Gasteiger partial charge in [0.05, 0.1) is 7.11 Å². The van der Waals surface area contributed by atoms with Crippen LogP contribution >= 0.6 is 0 Å². The maximum atomic E-state index is 12.5. The summed E-state index contributed by atoms with van der Waals surface area (Å²) in [4.78, 5) is 12.2. The minimum Gasteiger partial charge on any atom is -0.496 e. The number of carbonyl (C=O) groups excluding carboxylic acids is 1. The Morgan fingerprint density at radius 3 is 2.48 bits per heavy atom. The Balaban J connectivity index is 2.32. The lowest BCUT2D eigenvalue weighted by molar-refractivity contribution is -0.186. The molecule has 6 heteroatoms. The lowest BCUT2D eigenvalue weighted by Crippen LogP contribution is -2.43. The van der Waals surface area contributed by atoms with E-state index in [1.165, 1.54) is 0 Å². The molecule has 0 aliphatic carbocycles. The highest BCUT2D eigenvalue weighted by atomic mass is 19.4. The summed E-state index contributed by atoms with van der Waals surface area (Å²) in [5, 5.41) is 0. The van der Waals surface area contributed by atoms with Crippen LogP contribution in [0.2, 0.25) is 0 Å². The lowest BCUT2D eigenvalue weighted by atomic mass is 9.92. The van der Waals surface area contributed by atoms with E-state index in [0.29, 0.717) is 6.42 Å². The molecule has 1 aromatic carbocycles. The van der Waals surface area contributed by atoms with E-state index in [-0.39, 0.29) is 19.0 Å². The largest absolute Gasteiger partial charge is 0.496 e. The molecular formula is C15H18F3NO2. The predicted molar refractivity (Wildman–Crippen MR) is 72.3 cm³/mol. The molecule has 0 N–H and O–H groups in total. The first-order valence-corrected chi connectivity index (χ1v) is 6.79. The average molecular weight is 301 g/mol. The highest BCUT2D eigenvalue weighted by Crippen LogP contribution is 2.33. The van der Waals surface area contributed by atoms with Crippen molar-refractivity contribution in [1.29, 1.82) is 0 Å². The van der Waals surface area contributed by atoms with Gasteiger partial charge in [0.25, 0.3) is 0 Å². The first-order valence-electron chi connectivity index (χ1n) is 6.79. The third kappa shape index (κ3) is 3.14. The molecule has 2 rings (SSSR count). The molecule has 116 valence electrons. The van der Waals surface area contributed by atoms with E-state index in [2.05, 4.69) is 0 Å². The summed E-state index contributed by atoms with van der Waals surface area (Å²) in [5.74, 6) is -0.826. The Kier molecular flexibility index (Phi) is 4.16. The molecule has 0 atom stereocenters. The number of amides is 1. The number of fused-ring (bicyclic) bond motifs is 1. The summed E-state index contributed by atoms with van der Waals surface area (Å²) >= 11 is 0. The van der Waals surface area contributed by atoms with Crippen LogP contribution in [-0.2, 0) is 17.8 Å². The van der Waals surface area contributed by atoms with E-state index >= 15 is 0 Å². The zero-order valence-electron chi connectivity index (χ0n) is 12.3. The maximum Gasteiger partial charge on any atom is 0.471 e. The smallest absolute Gasteiger partial charge is 0.471 e. The summed E-state index contributed by atoms with van der Waals surface area (Å²) in [6.45, 7) is 4.06. The zero-order valence-corrected chi connectivity index (χ0v) is 12.3. The third-order valence-corrected chi connectivity index (χ3v) is 3.72. The average Bonchev–Trinajstić information content (AvgIpc) is 2.43. The van der Waals surface area contributed by atoms with Crippen molar-refractivity contribution in [3.63, 3.8) is 0 Å². The fourth-order valence-electron chi connectivity index (χ4n) is 2.59. The van der Waals surface area contributed by atoms with E-state index in [1.807, 2.05) is 26.0 Å². The molecule has 1 aliphatic heterocycles. The van der Waals surface area contributed by atoms with Gasteiger partial charge in [-0.2, -0.15) is 13.2 Å². The highest BCUT2D eigenvalue weighted by molar-refractivity contribution is 5.82. The number of carbonyl (C=O) groups is 1. The number of methoxy groups -OCH3 is 1. The molecule has 0 bridgehead atoms. The van der Waals surface area contributed by atoms with Crippen molar-refractivity contribution < 1.29 is 22.7 Å². The SMILES string of the molecule is COc1cc2c(cc1C(C)C)CN(C(=O)C(F)(F)F)CC2. The lowest BCUT2D eigenvalue weighted by Gasteiger charge is -2.30. The normalized spacial score (nSPS) is 15.1. The molecule has 0 saturated carbocycles. The van der Waals surface area contributed by atoms with Crippen molar-refractivity contribution >= 4 is 5.91 Å². The Morgan fingerprint density at radius 2 is 1.95 bits per heavy atom. The summed E-state index contributed by atoms with van der Waals surface area (Å²) in [6.07, 6.45) is -4.41. The van der Waals surface area contributed by atoms with Crippen LogP contribution in [0.3, 0.4) is 0 Å². The molecule has 3 nitrogen and oxygen atoms in total. The summed E-state index contributed by atoms with van der Waals surface area (Å²) in [7, 11) is 1.58. The first-order chi connectivity index (χ1) is 9.74. The van der Waals surface area contributed by atoms with Crippen molar-refractivity contribution in [3.05, 3.63) is 28.8 Å². The van der Waals surface area contributed by atoms with Crippen molar-refractivity contribution in [2.24, 2.45) is 0 Å². The van der Waals surface area contributed by atoms with Crippen LogP contribution in [0.4, 0.5) is 13.2 Å². The van der Waals surface area contributed by atoms with Gasteiger partial charge in [-0.1, -0.05) is 13.8 Å². The molecule has 1 aromatic rings. The van der Waals surface area contributed by atoms with Gasteiger partial charge < -0.3 is 9.64 Å². The van der Waals surface area contributed by atoms with Crippen LogP contribution in [-0.4, -0.2) is 30.6 Å². The Bertz CT molecular complexity index is 553. The third-order valence-electron chi connectivity index (χ3n) is 3.72. The summed E-state index contributed by atoms with van der Waals surface area (Å²) in [5.41, 5.74) is 2.66. The summed E-state index contributed by atoms with van der Waals surface area (Å²) < 4.78 is 42.9. The van der Waals surface area contributed by atoms with Crippen molar-refractivity contribution in [2.75, 3.05) is 13.7 Å². The highest BCUT2D eigenvalue weighted by Gasteiger charge is 2.43. The second-order valence-electron chi connectivity index (χ2n) is 5.49. The van der Waals surface area contributed by atoms with E-state index in [1.54, 1.807) is 7.11 Å². The quantitative estimate of drug-likeness (QED) is 0.839. The predicted octanol–water partition coefficient (Wildman–Crippen LogP) is 3.27. The van der Waals surface area contributed by atoms with Gasteiger partial charge in [0.2, 0.25) is 0 Å². The first kappa shape index (κ1) is 15.7. The minimum atomic E-state index is -4.81. The standard InChI is InChI=1S/C15H18F3NO2/c1-9(2)12-6-11-8-19(14(20)15(16,17)18)5-4-10(11)7-13(12)21-3/h6-7,9H,4-5,8H2,1-3H3. The van der Waals surface area contributed by atoms with Crippen LogP contribution in [0.1, 0.15) is 36.5 Å². The van der Waals surface area contributed by atoms with Gasteiger partial charge in [-0.05, 0) is 41.2 Å². The fourth-order valence-corrected chi connectivity index (χ4v) is 2.59. The molecule has 1 amide bonds. The van der Waals surface area contributed by atoms with E-state index in [4.69, 9.17) is 4.74 Å². The number of rotatable bonds is 2. The monoisotopic (exact) mass is 301 g/mol. The molecule has 1 heterocycles. The van der Waals surface area contributed by atoms with Gasteiger partial charge in [0.15, 0.2) is 0 Å². The molecular weight excluding hydrogens is 283 g/mol. The molecule has 0 spiro atoms. The number of hydrogen-bond donors (Lipinski definition) is 0. The Morgan fingerprint density at radius 1 is 1.29 bits per heavy atom. The molecule has 21 heavy (non-hydrogen) atoms. The second kappa shape index (κ2) is 5.58. The number of hydrogen-bond acceptors (Lipinski definition) is 2. The fraction of sp³-hybridized carbons (Fsp3) is 0.533. The zero-order chi connectivity index (χ0) is 15.8. The minimum absolute atomic E-state index is 0.00259. The maximum absolute atomic E-state index is 12.5. The topological polar surface area (TPSA) is 29.5 Å². The number of alkyl halides is 3. The van der Waals surface area contributed by atoms with Gasteiger partial charge in [-0.15, -0.1) is 0 Å². The van der Waals surface area contributed by atoms with Crippen LogP contribution < -0.4 is 4.74 Å². The number of halogens is 3. The number of nitrogens with zero attached hydrogens (tertiary/aromatic N) is 1. The summed E-state index contributed by atoms with van der Waals surface area (Å²) in [6, 6.07) is 3.73. The van der Waals surface area contributed by atoms with Gasteiger partial charge in [0.1, 0.15) is 5.75 Å². The molecule has 0 aromatic heterocycles. The van der Waals surface area contributed by atoms with Crippen molar-refractivity contribution in [2.45, 2.75) is 38.9 Å². The van der Waals surface area contributed by atoms with Gasteiger partial charge in [0, 0.05) is 13.1 Å². The van der Waals surface area contributed by atoms with Crippen LogP contribution in [0.25, 0.3) is 0 Å². The van der Waals surface area contributed by atoms with E-state index in [0.717, 1.165) is 27.3 Å². The second-order valence-corrected chi connectivity index (χ2v) is 5.49. The molecule has 0 radical (unpaired) electrons. The van der Waals surface area contributed by atoms with Crippen LogP contribution in [0.5, 0.6) is 5.75 Å². The Labute approximate surface area is 121 Å². The number of benzene rings is 1. The molecule has 0 unspecified atom stereocenters. The van der Waals surface area contributed by atoms with Crippen LogP contribution in [0, 0.1) is 0 Å². The number of ether oxygens (including phenoxy) is 1. The molecule has 0 saturated heterocycles. The van der Waals surface area contributed by atoms with Gasteiger partial charge in [-0.25, -0.2) is 0 Å². The molecule has 1 aliphatic rings. The van der Waals surface area contributed by atoms with E-state index < -0.39 is 12.1 Å². The van der Waals surface area contributed by atoms with Crippen molar-refractivity contribution in [3.8, 4) is 5.75 Å². The van der Waals surface area contributed by atoms with Crippen molar-refractivity contribution in [1.82, 2.24) is 4.90 Å². The van der Waals surface area contributed by atoms with E-state index in [9.17, 15) is 18.0 Å². The van der Waals surface area contributed by atoms with Gasteiger partial charge >= 0.3 is 12.1 Å². The van der Waals surface area contributed by atoms with Crippen LogP contribution in [0.15, 0.2) is 12.1 Å². The Hall–Kier alpha value is -1.72. The van der Waals surface area contributed by atoms with Gasteiger partial charge in [-0.3, -0.25) is 4.79 Å².